The first-order valence-corrected chi connectivity index (χ1v) is 10.4. The monoisotopic (exact) mass is 389 g/mol. The Bertz CT molecular complexity index is 1010. The molecule has 5 rings (SSSR count). The number of aliphatic hydroxyl groups excluding tert-OH is 1. The second kappa shape index (κ2) is 7.29. The standard InChI is InChI=1S/C23H24N3OP/c27-19-12-18-11-17(7-10-26(18)14-19)21-13-25-23(16-1-3-20(28)4-2-16)22(21)15-5-8-24-9-6-15/h1-6,8-9,11,13,18-19,25,27H,7,10,12,14,28H2/t18-,19-/m1/s1. The second-order valence-corrected chi connectivity index (χ2v) is 8.37. The van der Waals surface area contributed by atoms with Crippen molar-refractivity contribution in [2.24, 2.45) is 0 Å². The third-order valence-corrected chi connectivity index (χ3v) is 6.27. The maximum Gasteiger partial charge on any atom is 0.0685 e. The van der Waals surface area contributed by atoms with Gasteiger partial charge in [-0.25, -0.2) is 0 Å². The van der Waals surface area contributed by atoms with E-state index in [0.717, 1.165) is 31.6 Å². The lowest BCUT2D eigenvalue weighted by molar-refractivity contribution is 0.176. The quantitative estimate of drug-likeness (QED) is 0.675. The van der Waals surface area contributed by atoms with E-state index in [2.05, 4.69) is 72.8 Å². The van der Waals surface area contributed by atoms with E-state index in [0.29, 0.717) is 6.04 Å². The van der Waals surface area contributed by atoms with Crippen LogP contribution < -0.4 is 5.30 Å². The highest BCUT2D eigenvalue weighted by atomic mass is 31.0. The summed E-state index contributed by atoms with van der Waals surface area (Å²) >= 11 is 0. The van der Waals surface area contributed by atoms with E-state index in [1.54, 1.807) is 0 Å². The minimum absolute atomic E-state index is 0.201. The van der Waals surface area contributed by atoms with Gasteiger partial charge in [0.25, 0.3) is 0 Å². The Labute approximate surface area is 167 Å². The largest absolute Gasteiger partial charge is 0.392 e. The predicted octanol–water partition coefficient (Wildman–Crippen LogP) is 3.47. The van der Waals surface area contributed by atoms with Gasteiger partial charge in [-0.1, -0.05) is 30.3 Å². The number of hydrogen-bond acceptors (Lipinski definition) is 3. The number of hydrogen-bond donors (Lipinski definition) is 2. The number of benzene rings is 1. The molecular weight excluding hydrogens is 365 g/mol. The van der Waals surface area contributed by atoms with Crippen LogP contribution >= 0.6 is 9.24 Å². The molecule has 4 heterocycles. The van der Waals surface area contributed by atoms with Gasteiger partial charge in [0.05, 0.1) is 11.8 Å². The molecule has 2 aliphatic rings. The first kappa shape index (κ1) is 17.8. The number of aromatic amines is 1. The van der Waals surface area contributed by atoms with Crippen LogP contribution in [0.4, 0.5) is 0 Å². The SMILES string of the molecule is O[C@@H]1C[C@H]2C=C(c3c[nH]c(-c4ccc(P)cc4)c3-c3ccncc3)CCN2C1. The number of nitrogens with zero attached hydrogens (tertiary/aromatic N) is 2. The number of pyridine rings is 1. The molecule has 3 atom stereocenters. The summed E-state index contributed by atoms with van der Waals surface area (Å²) in [5.41, 5.74) is 7.35. The average molecular weight is 389 g/mol. The van der Waals surface area contributed by atoms with E-state index < -0.39 is 0 Å². The van der Waals surface area contributed by atoms with E-state index >= 15 is 0 Å². The molecule has 2 aliphatic heterocycles. The van der Waals surface area contributed by atoms with Crippen molar-refractivity contribution in [3.8, 4) is 22.4 Å². The highest BCUT2D eigenvalue weighted by Gasteiger charge is 2.33. The van der Waals surface area contributed by atoms with Crippen LogP contribution in [-0.4, -0.2) is 45.2 Å². The first-order chi connectivity index (χ1) is 13.7. The van der Waals surface area contributed by atoms with Crippen LogP contribution in [0.3, 0.4) is 0 Å². The third-order valence-electron chi connectivity index (χ3n) is 5.88. The van der Waals surface area contributed by atoms with Crippen LogP contribution in [-0.2, 0) is 0 Å². The second-order valence-electron chi connectivity index (χ2n) is 7.70. The maximum absolute atomic E-state index is 10.0. The normalized spacial score (nSPS) is 22.1. The molecule has 1 saturated heterocycles. The van der Waals surface area contributed by atoms with E-state index in [1.807, 2.05) is 12.4 Å². The van der Waals surface area contributed by atoms with E-state index in [9.17, 15) is 5.11 Å². The predicted molar refractivity (Wildman–Crippen MR) is 117 cm³/mol. The summed E-state index contributed by atoms with van der Waals surface area (Å²) in [6.07, 6.45) is 9.85. The molecule has 1 aromatic carbocycles. The average Bonchev–Trinajstić information content (AvgIpc) is 3.31. The zero-order valence-corrected chi connectivity index (χ0v) is 16.8. The van der Waals surface area contributed by atoms with Crippen LogP contribution in [0.1, 0.15) is 18.4 Å². The van der Waals surface area contributed by atoms with Crippen LogP contribution in [0.2, 0.25) is 0 Å². The van der Waals surface area contributed by atoms with Crippen LogP contribution in [0.5, 0.6) is 0 Å². The lowest BCUT2D eigenvalue weighted by atomic mass is 9.90. The summed E-state index contributed by atoms with van der Waals surface area (Å²) in [5.74, 6) is 0. The van der Waals surface area contributed by atoms with Gasteiger partial charge in [-0.3, -0.25) is 9.88 Å². The molecule has 4 nitrogen and oxygen atoms in total. The number of fused-ring (bicyclic) bond motifs is 1. The van der Waals surface area contributed by atoms with Crippen molar-refractivity contribution >= 4 is 20.1 Å². The Kier molecular flexibility index (Phi) is 4.64. The molecule has 142 valence electrons. The summed E-state index contributed by atoms with van der Waals surface area (Å²) in [6, 6.07) is 13.1. The van der Waals surface area contributed by atoms with Gasteiger partial charge < -0.3 is 10.1 Å². The number of aromatic nitrogens is 2. The molecule has 0 radical (unpaired) electrons. The Hall–Kier alpha value is -2.26. The summed E-state index contributed by atoms with van der Waals surface area (Å²) in [5, 5.41) is 11.2. The van der Waals surface area contributed by atoms with Crippen molar-refractivity contribution in [3.05, 3.63) is 66.6 Å². The fourth-order valence-electron chi connectivity index (χ4n) is 4.52. The highest BCUT2D eigenvalue weighted by Crippen LogP contribution is 2.40. The topological polar surface area (TPSA) is 52.1 Å². The van der Waals surface area contributed by atoms with Gasteiger partial charge in [-0.05, 0) is 47.0 Å². The Morgan fingerprint density at radius 1 is 1.07 bits per heavy atom. The molecule has 0 aliphatic carbocycles. The van der Waals surface area contributed by atoms with Crippen LogP contribution in [0, 0.1) is 0 Å². The molecule has 3 aromatic rings. The van der Waals surface area contributed by atoms with Gasteiger partial charge in [-0.2, -0.15) is 0 Å². The first-order valence-electron chi connectivity index (χ1n) is 9.80. The third kappa shape index (κ3) is 3.22. The number of nitrogens with one attached hydrogen (secondary N) is 1. The van der Waals surface area contributed by atoms with E-state index in [4.69, 9.17) is 0 Å². The lowest BCUT2D eigenvalue weighted by Gasteiger charge is -2.28. The number of H-pyrrole nitrogens is 1. The fourth-order valence-corrected chi connectivity index (χ4v) is 4.71. The van der Waals surface area contributed by atoms with Gasteiger partial charge in [0.2, 0.25) is 0 Å². The zero-order chi connectivity index (χ0) is 19.1. The van der Waals surface area contributed by atoms with Crippen molar-refractivity contribution in [1.29, 1.82) is 0 Å². The van der Waals surface area contributed by atoms with Gasteiger partial charge >= 0.3 is 0 Å². The molecule has 2 N–H and O–H groups in total. The van der Waals surface area contributed by atoms with Crippen molar-refractivity contribution in [1.82, 2.24) is 14.9 Å². The van der Waals surface area contributed by atoms with Gasteiger partial charge in [-0.15, -0.1) is 9.24 Å². The molecule has 28 heavy (non-hydrogen) atoms. The molecule has 0 bridgehead atoms. The van der Waals surface area contributed by atoms with Crippen molar-refractivity contribution < 1.29 is 5.11 Å². The molecule has 5 heteroatoms. The van der Waals surface area contributed by atoms with Gasteiger partial charge in [0.15, 0.2) is 0 Å². The Balaban J connectivity index is 1.63. The summed E-state index contributed by atoms with van der Waals surface area (Å²) in [7, 11) is 2.74. The van der Waals surface area contributed by atoms with E-state index in [1.165, 1.54) is 33.1 Å². The van der Waals surface area contributed by atoms with Crippen LogP contribution in [0.25, 0.3) is 28.0 Å². The zero-order valence-electron chi connectivity index (χ0n) is 15.7. The summed E-state index contributed by atoms with van der Waals surface area (Å²) in [6.45, 7) is 1.80. The molecule has 0 spiro atoms. The fraction of sp³-hybridized carbons (Fsp3) is 0.261. The minimum atomic E-state index is -0.201. The van der Waals surface area contributed by atoms with Crippen molar-refractivity contribution in [2.45, 2.75) is 25.0 Å². The molecule has 0 amide bonds. The summed E-state index contributed by atoms with van der Waals surface area (Å²) in [4.78, 5) is 10.1. The molecule has 0 saturated carbocycles. The molecular formula is C23H24N3OP. The maximum atomic E-state index is 10.0. The van der Waals surface area contributed by atoms with Gasteiger partial charge in [0, 0.05) is 48.8 Å². The Morgan fingerprint density at radius 2 is 1.86 bits per heavy atom. The number of rotatable bonds is 3. The Morgan fingerprint density at radius 3 is 2.64 bits per heavy atom. The minimum Gasteiger partial charge on any atom is -0.392 e. The smallest absolute Gasteiger partial charge is 0.0685 e. The van der Waals surface area contributed by atoms with Gasteiger partial charge in [0.1, 0.15) is 0 Å². The number of aliphatic hydroxyl groups is 1. The molecule has 1 unspecified atom stereocenters. The van der Waals surface area contributed by atoms with Crippen LogP contribution in [0.15, 0.2) is 61.1 Å². The summed E-state index contributed by atoms with van der Waals surface area (Å²) < 4.78 is 0. The molecule has 2 aromatic heterocycles. The highest BCUT2D eigenvalue weighted by molar-refractivity contribution is 7.27. The van der Waals surface area contributed by atoms with Crippen molar-refractivity contribution in [3.63, 3.8) is 0 Å². The van der Waals surface area contributed by atoms with Crippen molar-refractivity contribution in [2.75, 3.05) is 13.1 Å². The van der Waals surface area contributed by atoms with E-state index in [-0.39, 0.29) is 6.10 Å². The molecule has 1 fully saturated rings. The lowest BCUT2D eigenvalue weighted by Crippen LogP contribution is -2.32.